The molecular formula is C13H12O. The lowest BCUT2D eigenvalue weighted by molar-refractivity contribution is 0.521. The molecule has 1 atom stereocenters. The highest BCUT2D eigenvalue weighted by atomic mass is 16.3. The van der Waals surface area contributed by atoms with Crippen LogP contribution in [0.25, 0.3) is 11.0 Å². The Hall–Kier alpha value is -1.50. The van der Waals surface area contributed by atoms with Gasteiger partial charge in [0.25, 0.3) is 0 Å². The highest BCUT2D eigenvalue weighted by Crippen LogP contribution is 2.32. The molecule has 0 spiro atoms. The van der Waals surface area contributed by atoms with Crippen LogP contribution in [0.1, 0.15) is 24.5 Å². The first-order chi connectivity index (χ1) is 6.93. The predicted octanol–water partition coefficient (Wildman–Crippen LogP) is 3.87. The maximum Gasteiger partial charge on any atom is 0.134 e. The van der Waals surface area contributed by atoms with Gasteiger partial charge in [0.1, 0.15) is 11.3 Å². The highest BCUT2D eigenvalue weighted by Gasteiger charge is 2.15. The van der Waals surface area contributed by atoms with Gasteiger partial charge in [0.15, 0.2) is 0 Å². The summed E-state index contributed by atoms with van der Waals surface area (Å²) >= 11 is 0. The molecule has 0 N–H and O–H groups in total. The van der Waals surface area contributed by atoms with Gasteiger partial charge in [0, 0.05) is 11.3 Å². The van der Waals surface area contributed by atoms with Gasteiger partial charge >= 0.3 is 0 Å². The number of allylic oxidation sites excluding steroid dienone is 2. The average Bonchev–Trinajstić information content (AvgIpc) is 2.86. The molecule has 1 aromatic heterocycles. The summed E-state index contributed by atoms with van der Waals surface area (Å²) in [5.41, 5.74) is 1.00. The van der Waals surface area contributed by atoms with E-state index in [9.17, 15) is 0 Å². The van der Waals surface area contributed by atoms with E-state index in [0.29, 0.717) is 5.92 Å². The topological polar surface area (TPSA) is 13.1 Å². The van der Waals surface area contributed by atoms with Crippen LogP contribution >= 0.6 is 0 Å². The summed E-state index contributed by atoms with van der Waals surface area (Å²) < 4.78 is 5.80. The third kappa shape index (κ3) is 1.17. The van der Waals surface area contributed by atoms with E-state index in [1.807, 2.05) is 18.2 Å². The number of rotatable bonds is 1. The Labute approximate surface area is 83.0 Å². The summed E-state index contributed by atoms with van der Waals surface area (Å²) in [6.07, 6.45) is 6.86. The minimum atomic E-state index is 0.502. The van der Waals surface area contributed by atoms with Crippen LogP contribution in [-0.4, -0.2) is 0 Å². The van der Waals surface area contributed by atoms with Crippen molar-refractivity contribution in [2.75, 3.05) is 0 Å². The van der Waals surface area contributed by atoms with Gasteiger partial charge in [-0.25, -0.2) is 0 Å². The van der Waals surface area contributed by atoms with Crippen molar-refractivity contribution in [1.82, 2.24) is 0 Å². The van der Waals surface area contributed by atoms with Gasteiger partial charge < -0.3 is 4.42 Å². The van der Waals surface area contributed by atoms with Gasteiger partial charge in [-0.05, 0) is 25.0 Å². The average molecular weight is 184 g/mol. The Balaban J connectivity index is 2.09. The lowest BCUT2D eigenvalue weighted by atomic mass is 10.1. The fourth-order valence-electron chi connectivity index (χ4n) is 2.05. The zero-order chi connectivity index (χ0) is 9.38. The maximum atomic E-state index is 5.80. The second kappa shape index (κ2) is 3.02. The molecule has 0 radical (unpaired) electrons. The summed E-state index contributed by atoms with van der Waals surface area (Å²) in [6, 6.07) is 10.3. The first-order valence-electron chi connectivity index (χ1n) is 5.08. The molecule has 0 amide bonds. The van der Waals surface area contributed by atoms with E-state index in [1.54, 1.807) is 0 Å². The zero-order valence-electron chi connectivity index (χ0n) is 7.94. The molecule has 1 heterocycles. The molecule has 0 bridgehead atoms. The Morgan fingerprint density at radius 1 is 1.21 bits per heavy atom. The number of furan rings is 1. The van der Waals surface area contributed by atoms with Crippen molar-refractivity contribution in [3.63, 3.8) is 0 Å². The maximum absolute atomic E-state index is 5.80. The molecule has 2 aromatic rings. The van der Waals surface area contributed by atoms with Crippen LogP contribution in [0.3, 0.4) is 0 Å². The van der Waals surface area contributed by atoms with Gasteiger partial charge in [-0.1, -0.05) is 30.4 Å². The molecule has 0 fully saturated rings. The van der Waals surface area contributed by atoms with Crippen molar-refractivity contribution in [2.45, 2.75) is 18.8 Å². The summed E-state index contributed by atoms with van der Waals surface area (Å²) in [4.78, 5) is 0. The summed E-state index contributed by atoms with van der Waals surface area (Å²) in [5, 5.41) is 1.21. The van der Waals surface area contributed by atoms with Crippen molar-refractivity contribution in [3.05, 3.63) is 48.2 Å². The van der Waals surface area contributed by atoms with Crippen molar-refractivity contribution in [3.8, 4) is 0 Å². The smallest absolute Gasteiger partial charge is 0.134 e. The van der Waals surface area contributed by atoms with E-state index in [4.69, 9.17) is 4.42 Å². The molecule has 1 unspecified atom stereocenters. The van der Waals surface area contributed by atoms with E-state index >= 15 is 0 Å². The fraction of sp³-hybridized carbons (Fsp3) is 0.231. The molecule has 70 valence electrons. The summed E-state index contributed by atoms with van der Waals surface area (Å²) in [7, 11) is 0. The quantitative estimate of drug-likeness (QED) is 0.613. The number of hydrogen-bond donors (Lipinski definition) is 0. The molecular weight excluding hydrogens is 172 g/mol. The van der Waals surface area contributed by atoms with Crippen LogP contribution < -0.4 is 0 Å². The Bertz CT molecular complexity index is 446. The molecule has 1 nitrogen and oxygen atoms in total. The van der Waals surface area contributed by atoms with E-state index in [0.717, 1.165) is 11.3 Å². The lowest BCUT2D eigenvalue weighted by Gasteiger charge is -2.00. The SMILES string of the molecule is C1=CC(c2cc3ccccc3o2)CC1. The second-order valence-electron chi connectivity index (χ2n) is 3.80. The molecule has 0 saturated heterocycles. The molecule has 0 saturated carbocycles. The Kier molecular flexibility index (Phi) is 1.69. The van der Waals surface area contributed by atoms with E-state index in [-0.39, 0.29) is 0 Å². The Morgan fingerprint density at radius 2 is 2.14 bits per heavy atom. The lowest BCUT2D eigenvalue weighted by Crippen LogP contribution is -1.85. The first kappa shape index (κ1) is 7.86. The van der Waals surface area contributed by atoms with E-state index < -0.39 is 0 Å². The van der Waals surface area contributed by atoms with Crippen molar-refractivity contribution in [2.24, 2.45) is 0 Å². The molecule has 1 aliphatic rings. The molecule has 1 aromatic carbocycles. The molecule has 0 aliphatic heterocycles. The standard InChI is InChI=1S/C13H12O/c1-2-6-10(5-1)13-9-11-7-3-4-8-12(11)14-13/h1,3-5,7-10H,2,6H2. The van der Waals surface area contributed by atoms with Crippen molar-refractivity contribution < 1.29 is 4.42 Å². The Morgan fingerprint density at radius 3 is 2.93 bits per heavy atom. The van der Waals surface area contributed by atoms with Gasteiger partial charge in [0.2, 0.25) is 0 Å². The van der Waals surface area contributed by atoms with Crippen molar-refractivity contribution in [1.29, 1.82) is 0 Å². The number of fused-ring (bicyclic) bond motifs is 1. The van der Waals surface area contributed by atoms with Crippen LogP contribution in [0, 0.1) is 0 Å². The summed E-state index contributed by atoms with van der Waals surface area (Å²) in [5.74, 6) is 1.61. The second-order valence-corrected chi connectivity index (χ2v) is 3.80. The summed E-state index contributed by atoms with van der Waals surface area (Å²) in [6.45, 7) is 0. The first-order valence-corrected chi connectivity index (χ1v) is 5.08. The van der Waals surface area contributed by atoms with E-state index in [2.05, 4.69) is 24.3 Å². The van der Waals surface area contributed by atoms with Crippen LogP contribution in [-0.2, 0) is 0 Å². The monoisotopic (exact) mass is 184 g/mol. The number of para-hydroxylation sites is 1. The minimum Gasteiger partial charge on any atom is -0.460 e. The third-order valence-electron chi connectivity index (χ3n) is 2.82. The van der Waals surface area contributed by atoms with Crippen LogP contribution in [0.15, 0.2) is 46.9 Å². The highest BCUT2D eigenvalue weighted by molar-refractivity contribution is 5.77. The fourth-order valence-corrected chi connectivity index (χ4v) is 2.05. The van der Waals surface area contributed by atoms with Crippen LogP contribution in [0.4, 0.5) is 0 Å². The van der Waals surface area contributed by atoms with Gasteiger partial charge in [-0.2, -0.15) is 0 Å². The third-order valence-corrected chi connectivity index (χ3v) is 2.82. The molecule has 14 heavy (non-hydrogen) atoms. The van der Waals surface area contributed by atoms with E-state index in [1.165, 1.54) is 18.2 Å². The van der Waals surface area contributed by atoms with Crippen molar-refractivity contribution >= 4 is 11.0 Å². The van der Waals surface area contributed by atoms with Gasteiger partial charge in [0.05, 0.1) is 0 Å². The van der Waals surface area contributed by atoms with Gasteiger partial charge in [-0.3, -0.25) is 0 Å². The van der Waals surface area contributed by atoms with Crippen LogP contribution in [0.2, 0.25) is 0 Å². The molecule has 1 aliphatic carbocycles. The predicted molar refractivity (Wildman–Crippen MR) is 57.3 cm³/mol. The largest absolute Gasteiger partial charge is 0.460 e. The number of benzene rings is 1. The minimum absolute atomic E-state index is 0.502. The molecule has 3 rings (SSSR count). The zero-order valence-corrected chi connectivity index (χ0v) is 7.94. The van der Waals surface area contributed by atoms with Crippen LogP contribution in [0.5, 0.6) is 0 Å². The number of hydrogen-bond acceptors (Lipinski definition) is 1. The normalized spacial score (nSPS) is 20.7. The van der Waals surface area contributed by atoms with Gasteiger partial charge in [-0.15, -0.1) is 0 Å². The molecule has 1 heteroatoms.